The summed E-state index contributed by atoms with van der Waals surface area (Å²) in [4.78, 5) is 29.0. The van der Waals surface area contributed by atoms with E-state index in [4.69, 9.17) is 4.74 Å². The van der Waals surface area contributed by atoms with Crippen LogP contribution in [0.15, 0.2) is 24.2 Å². The van der Waals surface area contributed by atoms with Crippen LogP contribution in [0.5, 0.6) is 0 Å². The molecule has 0 aromatic heterocycles. The number of urea groups is 1. The topological polar surface area (TPSA) is 65.1 Å². The summed E-state index contributed by atoms with van der Waals surface area (Å²) in [6.07, 6.45) is 2.14. The predicted molar refractivity (Wildman–Crippen MR) is 85.5 cm³/mol. The monoisotopic (exact) mass is 306 g/mol. The zero-order valence-corrected chi connectivity index (χ0v) is 13.6. The van der Waals surface area contributed by atoms with E-state index >= 15 is 0 Å². The number of nitrogens with one attached hydrogen (secondary N) is 1. The van der Waals surface area contributed by atoms with Gasteiger partial charge in [0.2, 0.25) is 0 Å². The van der Waals surface area contributed by atoms with Crippen molar-refractivity contribution in [1.82, 2.24) is 20.0 Å². The van der Waals surface area contributed by atoms with Gasteiger partial charge in [-0.3, -0.25) is 4.79 Å². The number of morpholine rings is 1. The van der Waals surface area contributed by atoms with Crippen molar-refractivity contribution in [1.29, 1.82) is 0 Å². The van der Waals surface area contributed by atoms with E-state index in [1.165, 1.54) is 0 Å². The zero-order chi connectivity index (χ0) is 16.4. The molecule has 1 saturated heterocycles. The SMILES string of the molecule is BCC1CN(C(=O)N(C)C)CC(N2C=C(C)C(=O)NC2=C)O1. The van der Waals surface area contributed by atoms with Crippen molar-refractivity contribution in [2.24, 2.45) is 0 Å². The number of hydrogen-bond donors (Lipinski definition) is 1. The van der Waals surface area contributed by atoms with Crippen molar-refractivity contribution in [2.75, 3.05) is 27.2 Å². The van der Waals surface area contributed by atoms with E-state index in [-0.39, 0.29) is 24.3 Å². The summed E-state index contributed by atoms with van der Waals surface area (Å²) in [6.45, 7) is 6.59. The Morgan fingerprint density at radius 3 is 2.82 bits per heavy atom. The molecular formula is C14H23BN4O3. The number of carbonyl (C=O) groups is 2. The van der Waals surface area contributed by atoms with Crippen molar-refractivity contribution in [2.45, 2.75) is 25.6 Å². The van der Waals surface area contributed by atoms with Crippen molar-refractivity contribution in [3.63, 3.8) is 0 Å². The Hall–Kier alpha value is -1.96. The molecule has 3 amide bonds. The molecule has 0 aliphatic carbocycles. The van der Waals surface area contributed by atoms with E-state index in [2.05, 4.69) is 11.9 Å². The van der Waals surface area contributed by atoms with Crippen LogP contribution >= 0.6 is 0 Å². The van der Waals surface area contributed by atoms with Crippen LogP contribution in [0.1, 0.15) is 6.92 Å². The molecule has 0 spiro atoms. The lowest BCUT2D eigenvalue weighted by molar-refractivity contribution is -0.126. The summed E-state index contributed by atoms with van der Waals surface area (Å²) in [7, 11) is 5.50. The van der Waals surface area contributed by atoms with Crippen LogP contribution in [0, 0.1) is 0 Å². The highest BCUT2D eigenvalue weighted by Crippen LogP contribution is 2.22. The van der Waals surface area contributed by atoms with Crippen LogP contribution in [0.3, 0.4) is 0 Å². The number of hydrogen-bond acceptors (Lipinski definition) is 4. The highest BCUT2D eigenvalue weighted by molar-refractivity contribution is 6.08. The first kappa shape index (κ1) is 16.4. The Morgan fingerprint density at radius 2 is 2.23 bits per heavy atom. The minimum Gasteiger partial charge on any atom is -0.352 e. The molecule has 0 saturated carbocycles. The van der Waals surface area contributed by atoms with Crippen LogP contribution in [0.25, 0.3) is 0 Å². The summed E-state index contributed by atoms with van der Waals surface area (Å²) >= 11 is 0. The second-order valence-electron chi connectivity index (χ2n) is 5.82. The van der Waals surface area contributed by atoms with Crippen molar-refractivity contribution < 1.29 is 14.3 Å². The van der Waals surface area contributed by atoms with Gasteiger partial charge < -0.3 is 24.8 Å². The Bertz CT molecular complexity index is 520. The molecule has 0 bridgehead atoms. The standard InChI is InChI=1S/C14H23BN4O3/c1-9-6-19(10(2)16-13(9)20)12-8-18(14(21)17(3)4)7-11(5-15)22-12/h6,11-12H,2,5,7-8,15H2,1,3-4H3,(H,16,20). The van der Waals surface area contributed by atoms with Crippen LogP contribution in [-0.4, -0.2) is 74.0 Å². The van der Waals surface area contributed by atoms with Gasteiger partial charge in [-0.05, 0) is 6.92 Å². The number of amides is 3. The first-order valence-corrected chi connectivity index (χ1v) is 7.42. The Labute approximate surface area is 132 Å². The molecule has 2 heterocycles. The van der Waals surface area contributed by atoms with Gasteiger partial charge in [-0.2, -0.15) is 0 Å². The maximum Gasteiger partial charge on any atom is 0.319 e. The van der Waals surface area contributed by atoms with Crippen LogP contribution < -0.4 is 5.32 Å². The lowest BCUT2D eigenvalue weighted by atomic mass is 9.98. The molecule has 0 aromatic carbocycles. The van der Waals surface area contributed by atoms with Gasteiger partial charge in [0.1, 0.15) is 13.7 Å². The van der Waals surface area contributed by atoms with Gasteiger partial charge in [0, 0.05) is 32.4 Å². The summed E-state index contributed by atoms with van der Waals surface area (Å²) in [5.74, 6) is 0.305. The van der Waals surface area contributed by atoms with Gasteiger partial charge in [0.05, 0.1) is 12.6 Å². The fourth-order valence-corrected chi connectivity index (χ4v) is 2.53. The maximum atomic E-state index is 12.3. The normalized spacial score (nSPS) is 25.7. The Balaban J connectivity index is 2.20. The smallest absolute Gasteiger partial charge is 0.319 e. The molecule has 2 rings (SSSR count). The molecule has 8 heteroatoms. The van der Waals surface area contributed by atoms with Gasteiger partial charge >= 0.3 is 6.03 Å². The lowest BCUT2D eigenvalue weighted by Crippen LogP contribution is -2.58. The fraction of sp³-hybridized carbons (Fsp3) is 0.571. The molecule has 0 aromatic rings. The third-order valence-corrected chi connectivity index (χ3v) is 3.83. The zero-order valence-electron chi connectivity index (χ0n) is 13.6. The first-order valence-electron chi connectivity index (χ1n) is 7.42. The number of carbonyl (C=O) groups excluding carboxylic acids is 2. The van der Waals surface area contributed by atoms with Gasteiger partial charge in [0.15, 0.2) is 6.23 Å². The third kappa shape index (κ3) is 3.27. The Morgan fingerprint density at radius 1 is 1.55 bits per heavy atom. The molecule has 2 aliphatic heterocycles. The highest BCUT2D eigenvalue weighted by Gasteiger charge is 2.35. The number of rotatable bonds is 2. The van der Waals surface area contributed by atoms with Gasteiger partial charge in [-0.1, -0.05) is 12.9 Å². The lowest BCUT2D eigenvalue weighted by Gasteiger charge is -2.44. The molecule has 22 heavy (non-hydrogen) atoms. The Kier molecular flexibility index (Phi) is 4.80. The highest BCUT2D eigenvalue weighted by atomic mass is 16.5. The molecule has 120 valence electrons. The van der Waals surface area contributed by atoms with E-state index in [1.54, 1.807) is 41.9 Å². The van der Waals surface area contributed by atoms with E-state index < -0.39 is 0 Å². The van der Waals surface area contributed by atoms with E-state index in [9.17, 15) is 9.59 Å². The quantitative estimate of drug-likeness (QED) is 0.702. The fourth-order valence-electron chi connectivity index (χ4n) is 2.53. The van der Waals surface area contributed by atoms with Crippen LogP contribution in [-0.2, 0) is 9.53 Å². The average Bonchev–Trinajstić information content (AvgIpc) is 2.49. The van der Waals surface area contributed by atoms with Crippen molar-refractivity contribution in [3.05, 3.63) is 24.2 Å². The average molecular weight is 306 g/mol. The largest absolute Gasteiger partial charge is 0.352 e. The van der Waals surface area contributed by atoms with Gasteiger partial charge in [0.25, 0.3) is 5.91 Å². The molecule has 7 nitrogen and oxygen atoms in total. The summed E-state index contributed by atoms with van der Waals surface area (Å²) in [5.41, 5.74) is 0.583. The van der Waals surface area contributed by atoms with Crippen LogP contribution in [0.2, 0.25) is 6.32 Å². The van der Waals surface area contributed by atoms with E-state index in [0.717, 1.165) is 6.32 Å². The van der Waals surface area contributed by atoms with E-state index in [0.29, 0.717) is 24.5 Å². The molecule has 0 radical (unpaired) electrons. The van der Waals surface area contributed by atoms with Gasteiger partial charge in [-0.15, -0.1) is 0 Å². The van der Waals surface area contributed by atoms with Crippen molar-refractivity contribution >= 4 is 19.8 Å². The predicted octanol–water partition coefficient (Wildman–Crippen LogP) is -0.447. The molecule has 2 aliphatic rings. The first-order chi connectivity index (χ1) is 10.3. The number of nitrogens with zero attached hydrogens (tertiary/aromatic N) is 3. The minimum absolute atomic E-state index is 0.0400. The molecule has 1 N–H and O–H groups in total. The molecule has 2 atom stereocenters. The van der Waals surface area contributed by atoms with Crippen molar-refractivity contribution in [3.8, 4) is 0 Å². The third-order valence-electron chi connectivity index (χ3n) is 3.83. The van der Waals surface area contributed by atoms with Gasteiger partial charge in [-0.25, -0.2) is 4.79 Å². The maximum absolute atomic E-state index is 12.3. The molecule has 1 fully saturated rings. The summed E-state index contributed by atoms with van der Waals surface area (Å²) < 4.78 is 6.05. The molecular weight excluding hydrogens is 283 g/mol. The van der Waals surface area contributed by atoms with Crippen LogP contribution in [0.4, 0.5) is 4.79 Å². The minimum atomic E-state index is -0.356. The molecule has 2 unspecified atom stereocenters. The second-order valence-corrected chi connectivity index (χ2v) is 5.82. The summed E-state index contributed by atoms with van der Waals surface area (Å²) in [5, 5.41) is 2.71. The second kappa shape index (κ2) is 6.43. The summed E-state index contributed by atoms with van der Waals surface area (Å²) in [6, 6.07) is -0.0425. The number of ether oxygens (including phenoxy) is 1. The van der Waals surface area contributed by atoms with E-state index in [1.807, 2.05) is 7.85 Å².